The molecule has 2 N–H and O–H groups in total. The smallest absolute Gasteiger partial charge is 0.407 e. The zero-order chi connectivity index (χ0) is 22.4. The van der Waals surface area contributed by atoms with Crippen LogP contribution in [0.2, 0.25) is 0 Å². The minimum absolute atomic E-state index is 0.0712. The van der Waals surface area contributed by atoms with Gasteiger partial charge in [-0.2, -0.15) is 4.31 Å². The lowest BCUT2D eigenvalue weighted by Gasteiger charge is -2.38. The molecule has 1 aromatic rings. The van der Waals surface area contributed by atoms with Crippen molar-refractivity contribution in [2.75, 3.05) is 13.6 Å². The number of alkyl carbamates (subject to hydrolysis) is 1. The van der Waals surface area contributed by atoms with Crippen LogP contribution >= 0.6 is 0 Å². The van der Waals surface area contributed by atoms with Gasteiger partial charge in [0.2, 0.25) is 10.0 Å². The molecule has 1 saturated carbocycles. The fourth-order valence-corrected chi connectivity index (χ4v) is 5.23. The minimum atomic E-state index is -3.64. The summed E-state index contributed by atoms with van der Waals surface area (Å²) in [5.74, 6) is -0.133. The highest BCUT2D eigenvalue weighted by molar-refractivity contribution is 7.88. The van der Waals surface area contributed by atoms with Gasteiger partial charge in [-0.3, -0.25) is 0 Å². The maximum absolute atomic E-state index is 13.1. The summed E-state index contributed by atoms with van der Waals surface area (Å²) in [6, 6.07) is 8.41. The van der Waals surface area contributed by atoms with Gasteiger partial charge in [0.25, 0.3) is 0 Å². The normalized spacial score (nSPS) is 18.1. The Morgan fingerprint density at radius 2 is 1.80 bits per heavy atom. The van der Waals surface area contributed by atoms with Crippen molar-refractivity contribution in [2.24, 2.45) is 0 Å². The summed E-state index contributed by atoms with van der Waals surface area (Å²) in [6.45, 7) is 5.38. The fourth-order valence-electron chi connectivity index (χ4n) is 3.81. The molecule has 1 unspecified atom stereocenters. The third-order valence-corrected chi connectivity index (χ3v) is 7.30. The van der Waals surface area contributed by atoms with Crippen molar-refractivity contribution in [3.63, 3.8) is 0 Å². The molecule has 0 saturated heterocycles. The minimum Gasteiger partial charge on any atom is -0.444 e. The first kappa shape index (κ1) is 24.6. The topological polar surface area (TPSA) is 95.9 Å². The monoisotopic (exact) mass is 440 g/mol. The number of nitrogens with zero attached hydrogens (tertiary/aromatic N) is 1. The van der Waals surface area contributed by atoms with Crippen molar-refractivity contribution in [1.82, 2.24) is 9.62 Å². The maximum atomic E-state index is 13.1. The van der Waals surface area contributed by atoms with Gasteiger partial charge >= 0.3 is 6.09 Å². The third-order valence-electron chi connectivity index (χ3n) is 5.43. The second-order valence-electron chi connectivity index (χ2n) is 9.28. The Hall–Kier alpha value is -1.64. The zero-order valence-corrected chi connectivity index (χ0v) is 19.4. The first-order valence-corrected chi connectivity index (χ1v) is 12.2. The summed E-state index contributed by atoms with van der Waals surface area (Å²) in [7, 11) is -2.12. The standard InChI is InChI=1S/C22H36N2O5S/c1-21(2,3)29-20(25)23-16-19(15-22(26)13-9-6-10-14-22)24(4)30(27,28)17-18-11-7-5-8-12-18/h5,7-8,11-12,19,26H,6,9-10,13-17H2,1-4H3,(H,23,25). The quantitative estimate of drug-likeness (QED) is 0.646. The second kappa shape index (κ2) is 10.1. The van der Waals surface area contributed by atoms with Crippen molar-refractivity contribution >= 4 is 16.1 Å². The molecule has 170 valence electrons. The molecule has 0 spiro atoms. The predicted octanol–water partition coefficient (Wildman–Crippen LogP) is 3.43. The number of hydrogen-bond acceptors (Lipinski definition) is 5. The van der Waals surface area contributed by atoms with E-state index in [0.29, 0.717) is 18.4 Å². The molecular weight excluding hydrogens is 404 g/mol. The SMILES string of the molecule is CN(C(CNC(=O)OC(C)(C)C)CC1(O)CCCCC1)S(=O)(=O)Cc1ccccc1. The number of rotatable bonds is 8. The summed E-state index contributed by atoms with van der Waals surface area (Å²) in [5.41, 5.74) is -0.874. The highest BCUT2D eigenvalue weighted by Crippen LogP contribution is 2.33. The molecule has 1 atom stereocenters. The molecule has 7 nitrogen and oxygen atoms in total. The van der Waals surface area contributed by atoms with Crippen LogP contribution in [-0.4, -0.2) is 54.8 Å². The van der Waals surface area contributed by atoms with Gasteiger partial charge in [0.05, 0.1) is 11.4 Å². The van der Waals surface area contributed by atoms with E-state index in [1.165, 1.54) is 11.4 Å². The number of carbonyl (C=O) groups excluding carboxylic acids is 1. The van der Waals surface area contributed by atoms with Crippen LogP contribution in [0.3, 0.4) is 0 Å². The van der Waals surface area contributed by atoms with Crippen LogP contribution in [0.1, 0.15) is 64.9 Å². The average molecular weight is 441 g/mol. The number of benzene rings is 1. The first-order valence-electron chi connectivity index (χ1n) is 10.6. The number of carbonyl (C=O) groups is 1. The van der Waals surface area contributed by atoms with Crippen molar-refractivity contribution in [3.05, 3.63) is 35.9 Å². The number of likely N-dealkylation sites (N-methyl/N-ethyl adjacent to an activating group) is 1. The van der Waals surface area contributed by atoms with E-state index in [2.05, 4.69) is 5.32 Å². The molecule has 0 bridgehead atoms. The molecule has 0 heterocycles. The number of nitrogens with one attached hydrogen (secondary N) is 1. The summed E-state index contributed by atoms with van der Waals surface area (Å²) < 4.78 is 32.7. The van der Waals surface area contributed by atoms with Crippen molar-refractivity contribution in [2.45, 2.75) is 82.3 Å². The molecule has 0 aliphatic heterocycles. The van der Waals surface area contributed by atoms with Crippen LogP contribution < -0.4 is 5.32 Å². The third kappa shape index (κ3) is 7.89. The maximum Gasteiger partial charge on any atom is 0.407 e. The summed E-state index contributed by atoms with van der Waals surface area (Å²) in [6.07, 6.45) is 3.87. The molecule has 2 rings (SSSR count). The fraction of sp³-hybridized carbons (Fsp3) is 0.682. The highest BCUT2D eigenvalue weighted by Gasteiger charge is 2.37. The molecule has 30 heavy (non-hydrogen) atoms. The number of ether oxygens (including phenoxy) is 1. The van der Waals surface area contributed by atoms with Gasteiger partial charge in [0.1, 0.15) is 5.60 Å². The van der Waals surface area contributed by atoms with Gasteiger partial charge in [-0.1, -0.05) is 49.6 Å². The lowest BCUT2D eigenvalue weighted by molar-refractivity contribution is -0.0181. The lowest BCUT2D eigenvalue weighted by atomic mass is 9.80. The van der Waals surface area contributed by atoms with Crippen LogP contribution in [0.4, 0.5) is 4.79 Å². The Kier molecular flexibility index (Phi) is 8.30. The van der Waals surface area contributed by atoms with Gasteiger partial charge < -0.3 is 15.2 Å². The Labute approximate surface area is 180 Å². The molecule has 0 radical (unpaired) electrons. The van der Waals surface area contributed by atoms with Crippen molar-refractivity contribution in [3.8, 4) is 0 Å². The van der Waals surface area contributed by atoms with E-state index in [1.807, 2.05) is 6.07 Å². The molecule has 8 heteroatoms. The number of amides is 1. The number of sulfonamides is 1. The molecule has 1 amide bonds. The Bertz CT molecular complexity index is 783. The summed E-state index contributed by atoms with van der Waals surface area (Å²) >= 11 is 0. The van der Waals surface area contributed by atoms with Crippen LogP contribution in [-0.2, 0) is 20.5 Å². The number of hydrogen-bond donors (Lipinski definition) is 2. The second-order valence-corrected chi connectivity index (χ2v) is 11.3. The van der Waals surface area contributed by atoms with Crippen LogP contribution in [0, 0.1) is 0 Å². The molecule has 0 aromatic heterocycles. The molecule has 1 aromatic carbocycles. The molecule has 1 aliphatic rings. The molecule has 1 fully saturated rings. The van der Waals surface area contributed by atoms with E-state index in [0.717, 1.165) is 19.3 Å². The van der Waals surface area contributed by atoms with Crippen molar-refractivity contribution in [1.29, 1.82) is 0 Å². The van der Waals surface area contributed by atoms with Crippen LogP contribution in [0.5, 0.6) is 0 Å². The Balaban J connectivity index is 2.14. The highest BCUT2D eigenvalue weighted by atomic mass is 32.2. The van der Waals surface area contributed by atoms with Crippen LogP contribution in [0.15, 0.2) is 30.3 Å². The van der Waals surface area contributed by atoms with E-state index in [1.54, 1.807) is 45.0 Å². The molecular formula is C22H36N2O5S. The van der Waals surface area contributed by atoms with E-state index < -0.39 is 33.4 Å². The van der Waals surface area contributed by atoms with Gasteiger partial charge in [-0.15, -0.1) is 0 Å². The number of aliphatic hydroxyl groups is 1. The molecule has 1 aliphatic carbocycles. The van der Waals surface area contributed by atoms with Gasteiger partial charge in [-0.25, -0.2) is 13.2 Å². The van der Waals surface area contributed by atoms with Gasteiger partial charge in [-0.05, 0) is 45.6 Å². The predicted molar refractivity (Wildman–Crippen MR) is 118 cm³/mol. The summed E-state index contributed by atoms with van der Waals surface area (Å²) in [4.78, 5) is 12.1. The van der Waals surface area contributed by atoms with E-state index >= 15 is 0 Å². The van der Waals surface area contributed by atoms with E-state index in [-0.39, 0.29) is 18.7 Å². The lowest BCUT2D eigenvalue weighted by Crippen LogP contribution is -2.50. The van der Waals surface area contributed by atoms with Gasteiger partial charge in [0.15, 0.2) is 0 Å². The Morgan fingerprint density at radius 3 is 2.37 bits per heavy atom. The Morgan fingerprint density at radius 1 is 1.20 bits per heavy atom. The van der Waals surface area contributed by atoms with Crippen molar-refractivity contribution < 1.29 is 23.1 Å². The average Bonchev–Trinajstić information content (AvgIpc) is 2.64. The van der Waals surface area contributed by atoms with Gasteiger partial charge in [0, 0.05) is 19.6 Å². The van der Waals surface area contributed by atoms with Crippen LogP contribution in [0.25, 0.3) is 0 Å². The largest absolute Gasteiger partial charge is 0.444 e. The summed E-state index contributed by atoms with van der Waals surface area (Å²) in [5, 5.41) is 13.7. The van der Waals surface area contributed by atoms with E-state index in [4.69, 9.17) is 4.74 Å². The van der Waals surface area contributed by atoms with E-state index in [9.17, 15) is 18.3 Å². The zero-order valence-electron chi connectivity index (χ0n) is 18.6. The first-order chi connectivity index (χ1) is 13.9.